The largest absolute Gasteiger partial charge is 0.326 e. The third kappa shape index (κ3) is 5.70. The molecule has 3 aromatic rings. The second-order valence-electron chi connectivity index (χ2n) is 8.67. The van der Waals surface area contributed by atoms with Crippen LogP contribution >= 0.6 is 11.6 Å². The van der Waals surface area contributed by atoms with Crippen molar-refractivity contribution >= 4 is 52.3 Å². The third-order valence-electron chi connectivity index (χ3n) is 6.08. The summed E-state index contributed by atoms with van der Waals surface area (Å²) in [5.41, 5.74) is 1.26. The lowest BCUT2D eigenvalue weighted by molar-refractivity contribution is -0.384. The van der Waals surface area contributed by atoms with E-state index >= 15 is 0 Å². The fraction of sp³-hybridized carbons (Fsp3) is 0.185. The summed E-state index contributed by atoms with van der Waals surface area (Å²) in [6, 6.07) is 18.1. The molecule has 0 saturated carbocycles. The first-order valence-corrected chi connectivity index (χ1v) is 12.1. The van der Waals surface area contributed by atoms with Crippen molar-refractivity contribution in [2.24, 2.45) is 0 Å². The molecule has 1 aliphatic heterocycles. The van der Waals surface area contributed by atoms with Gasteiger partial charge >= 0.3 is 0 Å². The van der Waals surface area contributed by atoms with Crippen molar-refractivity contribution in [1.82, 2.24) is 4.90 Å². The second kappa shape index (κ2) is 11.2. The topological polar surface area (TPSA) is 130 Å². The monoisotopic (exact) mass is 534 g/mol. The van der Waals surface area contributed by atoms with Gasteiger partial charge in [-0.2, -0.15) is 0 Å². The Hall–Kier alpha value is -4.57. The van der Waals surface area contributed by atoms with Crippen molar-refractivity contribution in [3.63, 3.8) is 0 Å². The summed E-state index contributed by atoms with van der Waals surface area (Å²) in [4.78, 5) is 64.4. The zero-order chi connectivity index (χ0) is 27.4. The standard InChI is InChI=1S/C27H23ClN4O6/c1-17(33)29-20-8-10-21(11-9-20)31-25(34)16-24(27(31)36)30(14-13-18-5-3-2-4-6-18)26(35)19-7-12-22(28)23(15-19)32(37)38/h2-12,15,24H,13-14,16H2,1H3,(H,29,33). The second-order valence-corrected chi connectivity index (χ2v) is 9.08. The Bertz CT molecular complexity index is 1410. The SMILES string of the molecule is CC(=O)Nc1ccc(N2C(=O)CC(N(CCc3ccccc3)C(=O)c3ccc(Cl)c([N+](=O)[O-])c3)C2=O)cc1. The minimum atomic E-state index is -1.11. The number of hydrogen-bond donors (Lipinski definition) is 1. The van der Waals surface area contributed by atoms with Gasteiger partial charge in [-0.1, -0.05) is 41.9 Å². The van der Waals surface area contributed by atoms with Crippen LogP contribution in [0.3, 0.4) is 0 Å². The van der Waals surface area contributed by atoms with Gasteiger partial charge in [0.05, 0.1) is 17.0 Å². The Morgan fingerprint density at radius 2 is 1.76 bits per heavy atom. The van der Waals surface area contributed by atoms with Crippen molar-refractivity contribution in [3.8, 4) is 0 Å². The minimum absolute atomic E-state index is 0.0208. The first-order valence-electron chi connectivity index (χ1n) is 11.7. The first-order chi connectivity index (χ1) is 18.2. The van der Waals surface area contributed by atoms with Crippen LogP contribution in [0.2, 0.25) is 5.02 Å². The number of amides is 4. The number of nitro groups is 1. The Balaban J connectivity index is 1.64. The van der Waals surface area contributed by atoms with E-state index in [-0.39, 0.29) is 29.5 Å². The van der Waals surface area contributed by atoms with E-state index in [9.17, 15) is 29.3 Å². The summed E-state index contributed by atoms with van der Waals surface area (Å²) in [6.07, 6.45) is 0.147. The van der Waals surface area contributed by atoms with Gasteiger partial charge in [-0.05, 0) is 48.4 Å². The van der Waals surface area contributed by atoms with Gasteiger partial charge in [0.25, 0.3) is 17.5 Å². The smallest absolute Gasteiger partial charge is 0.288 e. The number of nitro benzene ring substituents is 1. The fourth-order valence-corrected chi connectivity index (χ4v) is 4.46. The highest BCUT2D eigenvalue weighted by Gasteiger charge is 2.44. The molecule has 1 aliphatic rings. The van der Waals surface area contributed by atoms with E-state index in [1.165, 1.54) is 36.1 Å². The van der Waals surface area contributed by atoms with Crippen LogP contribution in [0.25, 0.3) is 0 Å². The van der Waals surface area contributed by atoms with Crippen molar-refractivity contribution in [2.45, 2.75) is 25.8 Å². The van der Waals surface area contributed by atoms with Gasteiger partial charge in [0, 0.05) is 30.8 Å². The van der Waals surface area contributed by atoms with Crippen LogP contribution in [0.4, 0.5) is 17.1 Å². The molecule has 3 aromatic carbocycles. The van der Waals surface area contributed by atoms with Gasteiger partial charge in [0.2, 0.25) is 11.8 Å². The average Bonchev–Trinajstić information content (AvgIpc) is 3.18. The van der Waals surface area contributed by atoms with Gasteiger partial charge in [0.1, 0.15) is 11.1 Å². The molecule has 1 fully saturated rings. The molecule has 11 heteroatoms. The maximum absolute atomic E-state index is 13.6. The summed E-state index contributed by atoms with van der Waals surface area (Å²) in [7, 11) is 0. The Morgan fingerprint density at radius 3 is 2.39 bits per heavy atom. The van der Waals surface area contributed by atoms with Crippen molar-refractivity contribution < 1.29 is 24.1 Å². The highest BCUT2D eigenvalue weighted by Crippen LogP contribution is 2.30. The molecule has 0 aliphatic carbocycles. The molecular formula is C27H23ClN4O6. The lowest BCUT2D eigenvalue weighted by Crippen LogP contribution is -2.46. The summed E-state index contributed by atoms with van der Waals surface area (Å²) < 4.78 is 0. The lowest BCUT2D eigenvalue weighted by atomic mass is 10.1. The van der Waals surface area contributed by atoms with Crippen molar-refractivity contribution in [3.05, 3.63) is 99.1 Å². The Morgan fingerprint density at radius 1 is 1.08 bits per heavy atom. The first kappa shape index (κ1) is 26.5. The maximum Gasteiger partial charge on any atom is 0.288 e. The van der Waals surface area contributed by atoms with E-state index in [2.05, 4.69) is 5.32 Å². The molecule has 0 bridgehead atoms. The highest BCUT2D eigenvalue weighted by atomic mass is 35.5. The van der Waals surface area contributed by atoms with Gasteiger partial charge in [-0.25, -0.2) is 4.90 Å². The molecular weight excluding hydrogens is 512 g/mol. The number of rotatable bonds is 8. The summed E-state index contributed by atoms with van der Waals surface area (Å²) in [5.74, 6) is -1.98. The maximum atomic E-state index is 13.6. The number of imide groups is 1. The molecule has 1 atom stereocenters. The zero-order valence-electron chi connectivity index (χ0n) is 20.3. The number of hydrogen-bond acceptors (Lipinski definition) is 6. The van der Waals surface area contributed by atoms with Crippen molar-refractivity contribution in [1.29, 1.82) is 0 Å². The van der Waals surface area contributed by atoms with Crippen LogP contribution in [0.1, 0.15) is 29.3 Å². The van der Waals surface area contributed by atoms with E-state index < -0.39 is 34.4 Å². The number of carbonyl (C=O) groups is 4. The predicted octanol–water partition coefficient (Wildman–Crippen LogP) is 4.22. The predicted molar refractivity (Wildman–Crippen MR) is 141 cm³/mol. The molecule has 0 radical (unpaired) electrons. The van der Waals surface area contributed by atoms with Crippen LogP contribution in [0.5, 0.6) is 0 Å². The van der Waals surface area contributed by atoms with Crippen LogP contribution in [0, 0.1) is 10.1 Å². The van der Waals surface area contributed by atoms with E-state index in [4.69, 9.17) is 11.6 Å². The molecule has 10 nitrogen and oxygen atoms in total. The zero-order valence-corrected chi connectivity index (χ0v) is 21.1. The number of halogens is 1. The lowest BCUT2D eigenvalue weighted by Gasteiger charge is -2.28. The minimum Gasteiger partial charge on any atom is -0.326 e. The number of nitrogens with one attached hydrogen (secondary N) is 1. The van der Waals surface area contributed by atoms with Crippen LogP contribution in [0.15, 0.2) is 72.8 Å². The number of nitrogens with zero attached hydrogens (tertiary/aromatic N) is 3. The Kier molecular flexibility index (Phi) is 7.82. The summed E-state index contributed by atoms with van der Waals surface area (Å²) >= 11 is 5.92. The molecule has 38 heavy (non-hydrogen) atoms. The molecule has 1 saturated heterocycles. The van der Waals surface area contributed by atoms with Crippen LogP contribution < -0.4 is 10.2 Å². The summed E-state index contributed by atoms with van der Waals surface area (Å²) in [5, 5.41) is 13.9. The summed E-state index contributed by atoms with van der Waals surface area (Å²) in [6.45, 7) is 1.46. The molecule has 1 N–H and O–H groups in total. The van der Waals surface area contributed by atoms with E-state index in [0.717, 1.165) is 16.5 Å². The molecule has 194 valence electrons. The molecule has 0 aromatic heterocycles. The molecule has 1 unspecified atom stereocenters. The van der Waals surface area contributed by atoms with Gasteiger partial charge < -0.3 is 10.2 Å². The van der Waals surface area contributed by atoms with E-state index in [0.29, 0.717) is 17.8 Å². The van der Waals surface area contributed by atoms with Gasteiger partial charge in [0.15, 0.2) is 0 Å². The third-order valence-corrected chi connectivity index (χ3v) is 6.40. The molecule has 0 spiro atoms. The number of carbonyl (C=O) groups excluding carboxylic acids is 4. The molecule has 4 rings (SSSR count). The normalized spacial score (nSPS) is 14.9. The van der Waals surface area contributed by atoms with Crippen LogP contribution in [-0.2, 0) is 20.8 Å². The van der Waals surface area contributed by atoms with E-state index in [1.807, 2.05) is 30.3 Å². The fourth-order valence-electron chi connectivity index (χ4n) is 4.27. The highest BCUT2D eigenvalue weighted by molar-refractivity contribution is 6.32. The average molecular weight is 535 g/mol. The quantitative estimate of drug-likeness (QED) is 0.261. The number of benzene rings is 3. The molecule has 1 heterocycles. The van der Waals surface area contributed by atoms with Crippen molar-refractivity contribution in [2.75, 3.05) is 16.8 Å². The van der Waals surface area contributed by atoms with Gasteiger partial charge in [-0.3, -0.25) is 29.3 Å². The van der Waals surface area contributed by atoms with Crippen LogP contribution in [-0.4, -0.2) is 46.0 Å². The van der Waals surface area contributed by atoms with E-state index in [1.54, 1.807) is 12.1 Å². The Labute approximate surface area is 222 Å². The van der Waals surface area contributed by atoms with Gasteiger partial charge in [-0.15, -0.1) is 0 Å². The molecule has 4 amide bonds. The number of anilines is 2.